The van der Waals surface area contributed by atoms with Crippen molar-refractivity contribution in [1.82, 2.24) is 5.32 Å². The van der Waals surface area contributed by atoms with Gasteiger partial charge < -0.3 is 19.5 Å². The normalized spacial score (nSPS) is 12.0. The lowest BCUT2D eigenvalue weighted by Crippen LogP contribution is -2.45. The van der Waals surface area contributed by atoms with Crippen LogP contribution in [0.1, 0.15) is 32.8 Å². The molecule has 0 aliphatic heterocycles. The van der Waals surface area contributed by atoms with Crippen LogP contribution < -0.4 is 5.32 Å². The molecule has 1 atom stereocenters. The third kappa shape index (κ3) is 9.53. The zero-order valence-corrected chi connectivity index (χ0v) is 17.1. The predicted octanol–water partition coefficient (Wildman–Crippen LogP) is 3.44. The minimum absolute atomic E-state index is 0.0256. The standard InChI is InChI=1S/C20H26ClNO6/c1-5-10-27-19(25)22-16(11-18(24)28-20(2,3)4)17(23)13-26-12-14-8-6-7-9-15(14)21/h5-9,16H,1,10-13H2,2-4H3,(H,22,25)/t16-/m0/s1. The smallest absolute Gasteiger partial charge is 0.408 e. The maximum absolute atomic E-state index is 12.5. The molecule has 0 aromatic heterocycles. The van der Waals surface area contributed by atoms with Crippen LogP contribution in [0.4, 0.5) is 4.79 Å². The lowest BCUT2D eigenvalue weighted by atomic mass is 10.1. The Labute approximate surface area is 170 Å². The summed E-state index contributed by atoms with van der Waals surface area (Å²) in [6.45, 7) is 8.33. The highest BCUT2D eigenvalue weighted by atomic mass is 35.5. The van der Waals surface area contributed by atoms with Gasteiger partial charge in [-0.2, -0.15) is 0 Å². The van der Waals surface area contributed by atoms with Gasteiger partial charge in [-0.05, 0) is 32.4 Å². The monoisotopic (exact) mass is 411 g/mol. The first-order chi connectivity index (χ1) is 13.1. The highest BCUT2D eigenvalue weighted by molar-refractivity contribution is 6.31. The summed E-state index contributed by atoms with van der Waals surface area (Å²) in [7, 11) is 0. The van der Waals surface area contributed by atoms with Crippen LogP contribution in [0.2, 0.25) is 5.02 Å². The number of carbonyl (C=O) groups excluding carboxylic acids is 3. The van der Waals surface area contributed by atoms with Crippen LogP contribution in [0.3, 0.4) is 0 Å². The number of esters is 1. The van der Waals surface area contributed by atoms with E-state index in [1.54, 1.807) is 45.0 Å². The van der Waals surface area contributed by atoms with Gasteiger partial charge in [-0.15, -0.1) is 0 Å². The number of ether oxygens (including phenoxy) is 3. The SMILES string of the molecule is C=CCOC(=O)N[C@@H](CC(=O)OC(C)(C)C)C(=O)COCc1ccccc1Cl. The van der Waals surface area contributed by atoms with E-state index in [0.717, 1.165) is 5.56 Å². The van der Waals surface area contributed by atoms with Gasteiger partial charge in [-0.1, -0.05) is 42.5 Å². The molecule has 0 spiro atoms. The molecule has 7 nitrogen and oxygen atoms in total. The minimum atomic E-state index is -1.14. The molecule has 0 fully saturated rings. The largest absolute Gasteiger partial charge is 0.460 e. The van der Waals surface area contributed by atoms with Crippen molar-refractivity contribution in [2.75, 3.05) is 13.2 Å². The van der Waals surface area contributed by atoms with E-state index in [1.807, 2.05) is 0 Å². The van der Waals surface area contributed by atoms with Crippen molar-refractivity contribution in [2.45, 2.75) is 45.4 Å². The molecule has 1 N–H and O–H groups in total. The quantitative estimate of drug-likeness (QED) is 0.468. The maximum Gasteiger partial charge on any atom is 0.408 e. The van der Waals surface area contributed by atoms with Gasteiger partial charge in [0.05, 0.1) is 13.0 Å². The number of alkyl carbamates (subject to hydrolysis) is 1. The Hall–Kier alpha value is -2.38. The molecule has 0 aliphatic rings. The first kappa shape index (κ1) is 23.7. The van der Waals surface area contributed by atoms with Crippen LogP contribution >= 0.6 is 11.6 Å². The molecule has 0 saturated heterocycles. The molecule has 0 radical (unpaired) electrons. The highest BCUT2D eigenvalue weighted by Crippen LogP contribution is 2.16. The van der Waals surface area contributed by atoms with Gasteiger partial charge in [0.15, 0.2) is 5.78 Å². The molecule has 8 heteroatoms. The molecule has 0 aliphatic carbocycles. The Morgan fingerprint density at radius 3 is 2.54 bits per heavy atom. The van der Waals surface area contributed by atoms with Crippen molar-refractivity contribution in [3.8, 4) is 0 Å². The Bertz CT molecular complexity index is 698. The fourth-order valence-corrected chi connectivity index (χ4v) is 2.28. The summed E-state index contributed by atoms with van der Waals surface area (Å²) in [5, 5.41) is 2.88. The number of ketones is 1. The third-order valence-electron chi connectivity index (χ3n) is 3.26. The van der Waals surface area contributed by atoms with E-state index in [2.05, 4.69) is 11.9 Å². The fourth-order valence-electron chi connectivity index (χ4n) is 2.09. The molecule has 0 unspecified atom stereocenters. The van der Waals surface area contributed by atoms with Crippen LogP contribution in [0.25, 0.3) is 0 Å². The van der Waals surface area contributed by atoms with Gasteiger partial charge in [-0.25, -0.2) is 4.79 Å². The third-order valence-corrected chi connectivity index (χ3v) is 3.63. The Morgan fingerprint density at radius 2 is 1.93 bits per heavy atom. The minimum Gasteiger partial charge on any atom is -0.460 e. The highest BCUT2D eigenvalue weighted by Gasteiger charge is 2.27. The van der Waals surface area contributed by atoms with E-state index in [0.29, 0.717) is 5.02 Å². The van der Waals surface area contributed by atoms with Gasteiger partial charge in [0, 0.05) is 5.02 Å². The number of hydrogen-bond donors (Lipinski definition) is 1. The maximum atomic E-state index is 12.5. The number of amides is 1. The van der Waals surface area contributed by atoms with Crippen molar-refractivity contribution in [1.29, 1.82) is 0 Å². The predicted molar refractivity (Wildman–Crippen MR) is 105 cm³/mol. The second-order valence-corrected chi connectivity index (χ2v) is 7.33. The van der Waals surface area contributed by atoms with Crippen LogP contribution in [0, 0.1) is 0 Å². The second kappa shape index (κ2) is 11.5. The summed E-state index contributed by atoms with van der Waals surface area (Å²) in [6, 6.07) is 5.93. The summed E-state index contributed by atoms with van der Waals surface area (Å²) in [5.41, 5.74) is 0.00760. The van der Waals surface area contributed by atoms with E-state index in [9.17, 15) is 14.4 Å². The van der Waals surface area contributed by atoms with Gasteiger partial charge in [-0.3, -0.25) is 9.59 Å². The zero-order chi connectivity index (χ0) is 21.2. The van der Waals surface area contributed by atoms with Gasteiger partial charge >= 0.3 is 12.1 Å². The Balaban J connectivity index is 2.68. The number of carbonyl (C=O) groups is 3. The lowest BCUT2D eigenvalue weighted by Gasteiger charge is -2.22. The number of Topliss-reactive ketones (excluding diaryl/α,β-unsaturated/α-hetero) is 1. The van der Waals surface area contributed by atoms with E-state index in [1.165, 1.54) is 6.08 Å². The molecule has 1 aromatic rings. The molecule has 0 saturated carbocycles. The number of halogens is 1. The average molecular weight is 412 g/mol. The van der Waals surface area contributed by atoms with E-state index in [4.69, 9.17) is 25.8 Å². The second-order valence-electron chi connectivity index (χ2n) is 6.93. The summed E-state index contributed by atoms with van der Waals surface area (Å²) in [4.78, 5) is 36.3. The molecule has 1 rings (SSSR count). The summed E-state index contributed by atoms with van der Waals surface area (Å²) in [6.07, 6.45) is 0.207. The summed E-state index contributed by atoms with van der Waals surface area (Å²) >= 11 is 6.04. The van der Waals surface area contributed by atoms with Crippen LogP contribution in [0.15, 0.2) is 36.9 Å². The van der Waals surface area contributed by atoms with Crippen molar-refractivity contribution in [3.63, 3.8) is 0 Å². The first-order valence-electron chi connectivity index (χ1n) is 8.72. The molecule has 1 aromatic carbocycles. The van der Waals surface area contributed by atoms with Crippen LogP contribution in [-0.4, -0.2) is 42.7 Å². The van der Waals surface area contributed by atoms with Gasteiger partial charge in [0.2, 0.25) is 0 Å². The summed E-state index contributed by atoms with van der Waals surface area (Å²) < 4.78 is 15.4. The molecule has 0 heterocycles. The van der Waals surface area contributed by atoms with Gasteiger partial charge in [0.25, 0.3) is 0 Å². The molecular weight excluding hydrogens is 386 g/mol. The summed E-state index contributed by atoms with van der Waals surface area (Å²) in [5.74, 6) is -1.12. The molecule has 28 heavy (non-hydrogen) atoms. The van der Waals surface area contributed by atoms with Crippen molar-refractivity contribution in [2.24, 2.45) is 0 Å². The number of hydrogen-bond acceptors (Lipinski definition) is 6. The topological polar surface area (TPSA) is 90.9 Å². The van der Waals surface area contributed by atoms with E-state index < -0.39 is 29.5 Å². The Kier molecular flexibility index (Phi) is 9.68. The first-order valence-corrected chi connectivity index (χ1v) is 9.10. The van der Waals surface area contributed by atoms with Crippen molar-refractivity contribution >= 4 is 29.4 Å². The van der Waals surface area contributed by atoms with Crippen LogP contribution in [0.5, 0.6) is 0 Å². The molecule has 1 amide bonds. The van der Waals surface area contributed by atoms with Crippen molar-refractivity contribution < 1.29 is 28.6 Å². The molecule has 0 bridgehead atoms. The number of nitrogens with one attached hydrogen (secondary N) is 1. The number of rotatable bonds is 10. The van der Waals surface area contributed by atoms with Gasteiger partial charge in [0.1, 0.15) is 24.9 Å². The average Bonchev–Trinajstić information content (AvgIpc) is 2.59. The van der Waals surface area contributed by atoms with E-state index in [-0.39, 0.29) is 26.2 Å². The van der Waals surface area contributed by atoms with Crippen LogP contribution in [-0.2, 0) is 30.4 Å². The lowest BCUT2D eigenvalue weighted by molar-refractivity contribution is -0.156. The molecular formula is C20H26ClNO6. The fraction of sp³-hybridized carbons (Fsp3) is 0.450. The zero-order valence-electron chi connectivity index (χ0n) is 16.3. The van der Waals surface area contributed by atoms with Crippen molar-refractivity contribution in [3.05, 3.63) is 47.5 Å². The Morgan fingerprint density at radius 1 is 1.25 bits per heavy atom. The van der Waals surface area contributed by atoms with E-state index >= 15 is 0 Å². The molecule has 154 valence electrons. The number of benzene rings is 1.